The molecule has 1 saturated carbocycles. The molecular weight excluding hydrogens is 296 g/mol. The molecule has 1 amide bonds. The van der Waals surface area contributed by atoms with Gasteiger partial charge in [-0.2, -0.15) is 0 Å². The molecular formula is C17H30N2O4. The van der Waals surface area contributed by atoms with E-state index >= 15 is 0 Å². The standard InChI is InChI=1S/C17H30N2O4/c1-12-5-7-13(8-6-12)18-17(9-14(20)21)10-19(11-17)15(22)23-16(2,3)4/h12-13,18H,5-11H2,1-4H3,(H,20,21). The van der Waals surface area contributed by atoms with Crippen LogP contribution in [0.1, 0.15) is 59.8 Å². The molecule has 2 rings (SSSR count). The zero-order valence-corrected chi connectivity index (χ0v) is 14.7. The van der Waals surface area contributed by atoms with Gasteiger partial charge in [-0.25, -0.2) is 4.79 Å². The summed E-state index contributed by atoms with van der Waals surface area (Å²) < 4.78 is 5.36. The van der Waals surface area contributed by atoms with Gasteiger partial charge in [-0.15, -0.1) is 0 Å². The average molecular weight is 326 g/mol. The molecule has 0 atom stereocenters. The molecule has 23 heavy (non-hydrogen) atoms. The third kappa shape index (κ3) is 5.09. The van der Waals surface area contributed by atoms with Crippen molar-refractivity contribution in [3.63, 3.8) is 0 Å². The molecule has 2 fully saturated rings. The first-order valence-corrected chi connectivity index (χ1v) is 8.56. The monoisotopic (exact) mass is 326 g/mol. The summed E-state index contributed by atoms with van der Waals surface area (Å²) in [7, 11) is 0. The minimum atomic E-state index is -0.828. The molecule has 2 N–H and O–H groups in total. The Labute approximate surface area is 138 Å². The lowest BCUT2D eigenvalue weighted by Gasteiger charge is -2.51. The third-order valence-corrected chi connectivity index (χ3v) is 4.65. The molecule has 2 aliphatic rings. The zero-order valence-electron chi connectivity index (χ0n) is 14.7. The number of hydrogen-bond donors (Lipinski definition) is 2. The second kappa shape index (κ2) is 6.67. The Morgan fingerprint density at radius 1 is 1.22 bits per heavy atom. The van der Waals surface area contributed by atoms with Crippen molar-refractivity contribution in [3.8, 4) is 0 Å². The van der Waals surface area contributed by atoms with Gasteiger partial charge >= 0.3 is 12.1 Å². The number of nitrogens with one attached hydrogen (secondary N) is 1. The van der Waals surface area contributed by atoms with E-state index < -0.39 is 17.1 Å². The van der Waals surface area contributed by atoms with Crippen LogP contribution in [0.25, 0.3) is 0 Å². The fourth-order valence-corrected chi connectivity index (χ4v) is 3.52. The van der Waals surface area contributed by atoms with E-state index in [0.717, 1.165) is 18.8 Å². The van der Waals surface area contributed by atoms with Crippen molar-refractivity contribution in [1.82, 2.24) is 10.2 Å². The van der Waals surface area contributed by atoms with Gasteiger partial charge in [0.25, 0.3) is 0 Å². The molecule has 0 bridgehead atoms. The van der Waals surface area contributed by atoms with Gasteiger partial charge in [-0.05, 0) is 52.4 Å². The van der Waals surface area contributed by atoms with E-state index in [-0.39, 0.29) is 12.5 Å². The highest BCUT2D eigenvalue weighted by atomic mass is 16.6. The molecule has 0 spiro atoms. The molecule has 1 heterocycles. The van der Waals surface area contributed by atoms with Gasteiger partial charge in [-0.1, -0.05) is 6.92 Å². The quantitative estimate of drug-likeness (QED) is 0.830. The Morgan fingerprint density at radius 2 is 1.78 bits per heavy atom. The van der Waals surface area contributed by atoms with Gasteiger partial charge in [0.1, 0.15) is 5.60 Å². The van der Waals surface area contributed by atoms with Crippen LogP contribution in [0.5, 0.6) is 0 Å². The Bertz CT molecular complexity index is 444. The predicted octanol–water partition coefficient (Wildman–Crippen LogP) is 2.62. The van der Waals surface area contributed by atoms with Crippen LogP contribution in [0.2, 0.25) is 0 Å². The van der Waals surface area contributed by atoms with Crippen molar-refractivity contribution in [2.75, 3.05) is 13.1 Å². The predicted molar refractivity (Wildman–Crippen MR) is 87.3 cm³/mol. The van der Waals surface area contributed by atoms with Crippen LogP contribution >= 0.6 is 0 Å². The number of ether oxygens (including phenoxy) is 1. The fourth-order valence-electron chi connectivity index (χ4n) is 3.52. The minimum Gasteiger partial charge on any atom is -0.481 e. The first-order chi connectivity index (χ1) is 10.6. The van der Waals surface area contributed by atoms with Crippen LogP contribution in [0.4, 0.5) is 4.79 Å². The molecule has 1 aliphatic carbocycles. The summed E-state index contributed by atoms with van der Waals surface area (Å²) in [4.78, 5) is 24.9. The van der Waals surface area contributed by atoms with Crippen LogP contribution < -0.4 is 5.32 Å². The largest absolute Gasteiger partial charge is 0.481 e. The van der Waals surface area contributed by atoms with Crippen LogP contribution in [-0.4, -0.2) is 52.3 Å². The number of rotatable bonds is 4. The Balaban J connectivity index is 1.92. The van der Waals surface area contributed by atoms with E-state index in [1.165, 1.54) is 12.8 Å². The van der Waals surface area contributed by atoms with Crippen molar-refractivity contribution in [2.24, 2.45) is 5.92 Å². The second-order valence-electron chi connectivity index (χ2n) is 8.29. The number of nitrogens with zero attached hydrogens (tertiary/aromatic N) is 1. The maximum atomic E-state index is 12.1. The summed E-state index contributed by atoms with van der Waals surface area (Å²) in [6.45, 7) is 8.56. The van der Waals surface area contributed by atoms with Gasteiger partial charge in [0, 0.05) is 19.1 Å². The Morgan fingerprint density at radius 3 is 2.26 bits per heavy atom. The van der Waals surface area contributed by atoms with Crippen molar-refractivity contribution < 1.29 is 19.4 Å². The summed E-state index contributed by atoms with van der Waals surface area (Å²) in [5.41, 5.74) is -1.04. The van der Waals surface area contributed by atoms with E-state index in [1.807, 2.05) is 20.8 Å². The summed E-state index contributed by atoms with van der Waals surface area (Å²) >= 11 is 0. The molecule has 0 aromatic carbocycles. The molecule has 0 aromatic rings. The van der Waals surface area contributed by atoms with E-state index in [1.54, 1.807) is 4.90 Å². The van der Waals surface area contributed by atoms with Crippen LogP contribution in [0, 0.1) is 5.92 Å². The first-order valence-electron chi connectivity index (χ1n) is 8.56. The maximum absolute atomic E-state index is 12.1. The molecule has 1 saturated heterocycles. The molecule has 1 aliphatic heterocycles. The Kier molecular flexibility index (Phi) is 5.23. The lowest BCUT2D eigenvalue weighted by Crippen LogP contribution is -2.72. The third-order valence-electron chi connectivity index (χ3n) is 4.65. The number of aliphatic carboxylic acids is 1. The number of amides is 1. The minimum absolute atomic E-state index is 0.0400. The van der Waals surface area contributed by atoms with E-state index in [9.17, 15) is 14.7 Å². The number of carbonyl (C=O) groups excluding carboxylic acids is 1. The molecule has 0 unspecified atom stereocenters. The lowest BCUT2D eigenvalue weighted by molar-refractivity contribution is -0.141. The van der Waals surface area contributed by atoms with E-state index in [2.05, 4.69) is 12.2 Å². The smallest absolute Gasteiger partial charge is 0.410 e. The molecule has 132 valence electrons. The normalized spacial score (nSPS) is 27.2. The summed E-state index contributed by atoms with van der Waals surface area (Å²) in [6.07, 6.45) is 4.19. The Hall–Kier alpha value is -1.30. The molecule has 0 aromatic heterocycles. The number of carboxylic acids is 1. The van der Waals surface area contributed by atoms with Gasteiger partial charge in [-0.3, -0.25) is 4.79 Å². The van der Waals surface area contributed by atoms with Crippen LogP contribution in [0.15, 0.2) is 0 Å². The van der Waals surface area contributed by atoms with Crippen LogP contribution in [0.3, 0.4) is 0 Å². The topological polar surface area (TPSA) is 78.9 Å². The first kappa shape index (κ1) is 18.0. The number of hydrogen-bond acceptors (Lipinski definition) is 4. The van der Waals surface area contributed by atoms with Crippen LogP contribution in [-0.2, 0) is 9.53 Å². The number of carbonyl (C=O) groups is 2. The fraction of sp³-hybridized carbons (Fsp3) is 0.882. The zero-order chi connectivity index (χ0) is 17.3. The van der Waals surface area contributed by atoms with Crippen molar-refractivity contribution >= 4 is 12.1 Å². The van der Waals surface area contributed by atoms with Gasteiger partial charge in [0.05, 0.1) is 12.0 Å². The van der Waals surface area contributed by atoms with E-state index in [0.29, 0.717) is 19.1 Å². The highest BCUT2D eigenvalue weighted by Gasteiger charge is 2.48. The maximum Gasteiger partial charge on any atom is 0.410 e. The van der Waals surface area contributed by atoms with Crippen molar-refractivity contribution in [3.05, 3.63) is 0 Å². The molecule has 0 radical (unpaired) electrons. The average Bonchev–Trinajstić information content (AvgIpc) is 2.35. The van der Waals surface area contributed by atoms with Gasteiger partial charge in [0.15, 0.2) is 0 Å². The number of carboxylic acid groups (broad SMARTS) is 1. The summed E-state index contributed by atoms with van der Waals surface area (Å²) in [5.74, 6) is -0.0753. The second-order valence-corrected chi connectivity index (χ2v) is 8.29. The van der Waals surface area contributed by atoms with Crippen molar-refractivity contribution in [1.29, 1.82) is 0 Å². The lowest BCUT2D eigenvalue weighted by atomic mass is 9.81. The molecule has 6 nitrogen and oxygen atoms in total. The SMILES string of the molecule is CC1CCC(NC2(CC(=O)O)CN(C(=O)OC(C)(C)C)C2)CC1. The highest BCUT2D eigenvalue weighted by molar-refractivity contribution is 5.73. The molecule has 6 heteroatoms. The van der Waals surface area contributed by atoms with Crippen molar-refractivity contribution in [2.45, 2.75) is 77.0 Å². The van der Waals surface area contributed by atoms with E-state index in [4.69, 9.17) is 4.74 Å². The van der Waals surface area contributed by atoms with Gasteiger partial charge < -0.3 is 20.1 Å². The summed E-state index contributed by atoms with van der Waals surface area (Å²) in [5, 5.41) is 12.8. The summed E-state index contributed by atoms with van der Waals surface area (Å²) in [6, 6.07) is 0.353. The van der Waals surface area contributed by atoms with Gasteiger partial charge in [0.2, 0.25) is 0 Å². The number of likely N-dealkylation sites (tertiary alicyclic amines) is 1. The highest BCUT2D eigenvalue weighted by Crippen LogP contribution is 2.31.